The molecule has 27 heavy (non-hydrogen) atoms. The number of hydrogen-bond acceptors (Lipinski definition) is 2. The standard InChI is InChI=1S/C24H25NO2/c1-24(2,17-19-9-5-3-6-10-19)23(26)25-21-13-15-22(16-14-21)27-18-20-11-7-4-8-12-20/h3-16H,17-18H2,1-2H3,(H,25,26). The van der Waals surface area contributed by atoms with Crippen molar-refractivity contribution in [3.8, 4) is 5.75 Å². The molecule has 3 heteroatoms. The number of carbonyl (C=O) groups is 1. The molecule has 0 atom stereocenters. The summed E-state index contributed by atoms with van der Waals surface area (Å²) in [6.07, 6.45) is 0.692. The summed E-state index contributed by atoms with van der Waals surface area (Å²) in [6, 6.07) is 27.6. The zero-order chi connectivity index (χ0) is 19.1. The van der Waals surface area contributed by atoms with Gasteiger partial charge in [0, 0.05) is 11.1 Å². The summed E-state index contributed by atoms with van der Waals surface area (Å²) < 4.78 is 5.79. The van der Waals surface area contributed by atoms with E-state index in [0.29, 0.717) is 13.0 Å². The van der Waals surface area contributed by atoms with Crippen molar-refractivity contribution in [3.05, 3.63) is 96.1 Å². The highest BCUT2D eigenvalue weighted by atomic mass is 16.5. The molecule has 0 aliphatic rings. The molecule has 3 aromatic carbocycles. The summed E-state index contributed by atoms with van der Waals surface area (Å²) in [5.41, 5.74) is 2.55. The summed E-state index contributed by atoms with van der Waals surface area (Å²) in [5, 5.41) is 3.01. The Morgan fingerprint density at radius 2 is 1.37 bits per heavy atom. The van der Waals surface area contributed by atoms with Gasteiger partial charge < -0.3 is 10.1 Å². The largest absolute Gasteiger partial charge is 0.489 e. The molecular formula is C24H25NO2. The van der Waals surface area contributed by atoms with Crippen LogP contribution in [0.2, 0.25) is 0 Å². The van der Waals surface area contributed by atoms with Crippen molar-refractivity contribution in [3.63, 3.8) is 0 Å². The topological polar surface area (TPSA) is 38.3 Å². The second-order valence-electron chi connectivity index (χ2n) is 7.30. The highest BCUT2D eigenvalue weighted by Crippen LogP contribution is 2.25. The number of hydrogen-bond donors (Lipinski definition) is 1. The summed E-state index contributed by atoms with van der Waals surface area (Å²) in [4.78, 5) is 12.7. The summed E-state index contributed by atoms with van der Waals surface area (Å²) in [6.45, 7) is 4.45. The Morgan fingerprint density at radius 3 is 1.96 bits per heavy atom. The van der Waals surface area contributed by atoms with Gasteiger partial charge in [0.1, 0.15) is 12.4 Å². The van der Waals surface area contributed by atoms with Crippen molar-refractivity contribution in [2.45, 2.75) is 26.9 Å². The molecule has 0 fully saturated rings. The first-order chi connectivity index (χ1) is 13.0. The second-order valence-corrected chi connectivity index (χ2v) is 7.30. The molecular weight excluding hydrogens is 334 g/mol. The normalized spacial score (nSPS) is 11.0. The fraction of sp³-hybridized carbons (Fsp3) is 0.208. The van der Waals surface area contributed by atoms with Crippen LogP contribution in [0.3, 0.4) is 0 Å². The van der Waals surface area contributed by atoms with Crippen molar-refractivity contribution >= 4 is 11.6 Å². The van der Waals surface area contributed by atoms with Crippen LogP contribution in [0.15, 0.2) is 84.9 Å². The number of anilines is 1. The zero-order valence-corrected chi connectivity index (χ0v) is 15.8. The van der Waals surface area contributed by atoms with E-state index in [-0.39, 0.29) is 5.91 Å². The molecule has 0 heterocycles. The molecule has 0 aliphatic carbocycles. The van der Waals surface area contributed by atoms with E-state index < -0.39 is 5.41 Å². The average Bonchev–Trinajstić information content (AvgIpc) is 2.69. The van der Waals surface area contributed by atoms with Crippen molar-refractivity contribution in [1.29, 1.82) is 0 Å². The van der Waals surface area contributed by atoms with Crippen molar-refractivity contribution < 1.29 is 9.53 Å². The lowest BCUT2D eigenvalue weighted by molar-refractivity contribution is -0.123. The van der Waals surface area contributed by atoms with Crippen molar-refractivity contribution in [2.24, 2.45) is 5.41 Å². The first kappa shape index (κ1) is 18.7. The van der Waals surface area contributed by atoms with Crippen LogP contribution in [0.25, 0.3) is 0 Å². The number of ether oxygens (including phenoxy) is 1. The van der Waals surface area contributed by atoms with Gasteiger partial charge in [-0.05, 0) is 41.8 Å². The molecule has 3 rings (SSSR count). The van der Waals surface area contributed by atoms with Crippen LogP contribution < -0.4 is 10.1 Å². The van der Waals surface area contributed by atoms with E-state index in [0.717, 1.165) is 22.6 Å². The van der Waals surface area contributed by atoms with Gasteiger partial charge in [0.2, 0.25) is 5.91 Å². The van der Waals surface area contributed by atoms with Gasteiger partial charge in [0.15, 0.2) is 0 Å². The Balaban J connectivity index is 1.56. The Bertz CT molecular complexity index is 856. The average molecular weight is 359 g/mol. The van der Waals surface area contributed by atoms with Crippen molar-refractivity contribution in [1.82, 2.24) is 0 Å². The summed E-state index contributed by atoms with van der Waals surface area (Å²) >= 11 is 0. The van der Waals surface area contributed by atoms with Gasteiger partial charge in [0.05, 0.1) is 0 Å². The molecule has 0 spiro atoms. The van der Waals surface area contributed by atoms with E-state index in [1.165, 1.54) is 0 Å². The molecule has 0 saturated carbocycles. The number of carbonyl (C=O) groups excluding carboxylic acids is 1. The minimum Gasteiger partial charge on any atom is -0.489 e. The van der Waals surface area contributed by atoms with E-state index in [2.05, 4.69) is 5.32 Å². The minimum absolute atomic E-state index is 0.00399. The van der Waals surface area contributed by atoms with E-state index in [9.17, 15) is 4.79 Å². The third-order valence-electron chi connectivity index (χ3n) is 4.46. The van der Waals surface area contributed by atoms with Gasteiger partial charge in [-0.3, -0.25) is 4.79 Å². The first-order valence-electron chi connectivity index (χ1n) is 9.15. The third kappa shape index (κ3) is 5.45. The van der Waals surface area contributed by atoms with E-state index in [4.69, 9.17) is 4.74 Å². The predicted octanol–water partition coefficient (Wildman–Crippen LogP) is 5.47. The van der Waals surface area contributed by atoms with Gasteiger partial charge in [-0.2, -0.15) is 0 Å². The fourth-order valence-corrected chi connectivity index (χ4v) is 2.86. The number of amides is 1. The lowest BCUT2D eigenvalue weighted by Gasteiger charge is -2.23. The van der Waals surface area contributed by atoms with Crippen LogP contribution in [0.5, 0.6) is 5.75 Å². The minimum atomic E-state index is -0.496. The molecule has 1 amide bonds. The molecule has 0 bridgehead atoms. The summed E-state index contributed by atoms with van der Waals surface area (Å²) in [5.74, 6) is 0.782. The highest BCUT2D eigenvalue weighted by molar-refractivity contribution is 5.95. The zero-order valence-electron chi connectivity index (χ0n) is 15.8. The molecule has 0 unspecified atom stereocenters. The van der Waals surface area contributed by atoms with Crippen LogP contribution in [-0.2, 0) is 17.8 Å². The lowest BCUT2D eigenvalue weighted by atomic mass is 9.84. The SMILES string of the molecule is CC(C)(Cc1ccccc1)C(=O)Nc1ccc(OCc2ccccc2)cc1. The quantitative estimate of drug-likeness (QED) is 0.607. The van der Waals surface area contributed by atoms with Crippen LogP contribution in [0, 0.1) is 5.41 Å². The van der Waals surface area contributed by atoms with Gasteiger partial charge in [-0.15, -0.1) is 0 Å². The van der Waals surface area contributed by atoms with Crippen LogP contribution >= 0.6 is 0 Å². The van der Waals surface area contributed by atoms with Gasteiger partial charge in [0.25, 0.3) is 0 Å². The maximum Gasteiger partial charge on any atom is 0.230 e. The molecule has 138 valence electrons. The molecule has 3 nitrogen and oxygen atoms in total. The Morgan fingerprint density at radius 1 is 0.815 bits per heavy atom. The smallest absolute Gasteiger partial charge is 0.230 e. The van der Waals surface area contributed by atoms with Crippen LogP contribution in [0.4, 0.5) is 5.69 Å². The molecule has 0 saturated heterocycles. The van der Waals surface area contributed by atoms with E-state index >= 15 is 0 Å². The number of nitrogens with one attached hydrogen (secondary N) is 1. The molecule has 3 aromatic rings. The Labute approximate surface area is 161 Å². The molecule has 0 aliphatic heterocycles. The fourth-order valence-electron chi connectivity index (χ4n) is 2.86. The monoisotopic (exact) mass is 359 g/mol. The number of benzene rings is 3. The maximum absolute atomic E-state index is 12.7. The lowest BCUT2D eigenvalue weighted by Crippen LogP contribution is -2.32. The van der Waals surface area contributed by atoms with Crippen LogP contribution in [0.1, 0.15) is 25.0 Å². The van der Waals surface area contributed by atoms with E-state index in [1.54, 1.807) is 0 Å². The molecule has 1 N–H and O–H groups in total. The first-order valence-corrected chi connectivity index (χ1v) is 9.15. The highest BCUT2D eigenvalue weighted by Gasteiger charge is 2.27. The molecule has 0 aromatic heterocycles. The maximum atomic E-state index is 12.7. The van der Waals surface area contributed by atoms with Crippen LogP contribution in [-0.4, -0.2) is 5.91 Å². The predicted molar refractivity (Wildman–Crippen MR) is 110 cm³/mol. The van der Waals surface area contributed by atoms with Gasteiger partial charge >= 0.3 is 0 Å². The Kier molecular flexibility index (Phi) is 5.92. The second kappa shape index (κ2) is 8.54. The van der Waals surface area contributed by atoms with Gasteiger partial charge in [-0.25, -0.2) is 0 Å². The van der Waals surface area contributed by atoms with Gasteiger partial charge in [-0.1, -0.05) is 74.5 Å². The molecule has 0 radical (unpaired) electrons. The van der Waals surface area contributed by atoms with Crippen molar-refractivity contribution in [2.75, 3.05) is 5.32 Å². The Hall–Kier alpha value is -3.07. The third-order valence-corrected chi connectivity index (χ3v) is 4.46. The summed E-state index contributed by atoms with van der Waals surface area (Å²) in [7, 11) is 0. The number of rotatable bonds is 7. The van der Waals surface area contributed by atoms with E-state index in [1.807, 2.05) is 98.8 Å².